The summed E-state index contributed by atoms with van der Waals surface area (Å²) in [6.07, 6.45) is 0. The normalized spacial score (nSPS) is 11.1. The Labute approximate surface area is 118 Å². The van der Waals surface area contributed by atoms with E-state index in [1.165, 1.54) is 14.2 Å². The Morgan fingerprint density at radius 1 is 1.32 bits per heavy atom. The zero-order chi connectivity index (χ0) is 14.6. The van der Waals surface area contributed by atoms with Crippen molar-refractivity contribution in [1.29, 1.82) is 0 Å². The molecule has 19 heavy (non-hydrogen) atoms. The number of halogens is 1. The molecule has 0 aliphatic rings. The molecule has 0 radical (unpaired) electrons. The molecule has 0 aromatic heterocycles. The van der Waals surface area contributed by atoms with Gasteiger partial charge >= 0.3 is 0 Å². The van der Waals surface area contributed by atoms with Crippen LogP contribution in [0.2, 0.25) is 5.02 Å². The summed E-state index contributed by atoms with van der Waals surface area (Å²) in [5, 5.41) is 3.11. The van der Waals surface area contributed by atoms with Crippen LogP contribution in [0.3, 0.4) is 0 Å². The van der Waals surface area contributed by atoms with E-state index in [1.54, 1.807) is 26.0 Å². The first-order chi connectivity index (χ1) is 8.85. The summed E-state index contributed by atoms with van der Waals surface area (Å²) < 4.78 is 10.3. The highest BCUT2D eigenvalue weighted by Gasteiger charge is 2.26. The number of hydrogen-bond acceptors (Lipinski definition) is 4. The number of nitrogens with one attached hydrogen (secondary N) is 1. The van der Waals surface area contributed by atoms with Crippen LogP contribution in [0, 0.1) is 5.41 Å². The van der Waals surface area contributed by atoms with E-state index < -0.39 is 5.41 Å². The summed E-state index contributed by atoms with van der Waals surface area (Å²) in [5.41, 5.74) is 5.36. The molecule has 6 heteroatoms. The van der Waals surface area contributed by atoms with Gasteiger partial charge in [-0.05, 0) is 13.8 Å². The van der Waals surface area contributed by atoms with Gasteiger partial charge in [-0.25, -0.2) is 0 Å². The van der Waals surface area contributed by atoms with Crippen LogP contribution in [-0.4, -0.2) is 26.7 Å². The standard InChI is InChI=1S/C13H19ClN2O3/c1-13(2,7-15)12(17)16-9-6-11(19-4)10(18-3)5-8(9)14/h5-6H,7,15H2,1-4H3,(H,16,17). The smallest absolute Gasteiger partial charge is 0.231 e. The number of amides is 1. The lowest BCUT2D eigenvalue weighted by Crippen LogP contribution is -2.37. The van der Waals surface area contributed by atoms with Crippen molar-refractivity contribution in [3.05, 3.63) is 17.2 Å². The largest absolute Gasteiger partial charge is 0.493 e. The van der Waals surface area contributed by atoms with E-state index in [2.05, 4.69) is 5.32 Å². The van der Waals surface area contributed by atoms with Gasteiger partial charge in [0, 0.05) is 18.7 Å². The summed E-state index contributed by atoms with van der Waals surface area (Å²) in [6, 6.07) is 3.21. The summed E-state index contributed by atoms with van der Waals surface area (Å²) >= 11 is 6.09. The number of ether oxygens (including phenoxy) is 2. The number of carbonyl (C=O) groups is 1. The van der Waals surface area contributed by atoms with Crippen LogP contribution < -0.4 is 20.5 Å². The van der Waals surface area contributed by atoms with Gasteiger partial charge in [-0.3, -0.25) is 4.79 Å². The highest BCUT2D eigenvalue weighted by molar-refractivity contribution is 6.34. The summed E-state index contributed by atoms with van der Waals surface area (Å²) in [6.45, 7) is 3.76. The Balaban J connectivity index is 3.05. The molecule has 0 bridgehead atoms. The molecule has 0 saturated carbocycles. The van der Waals surface area contributed by atoms with Crippen LogP contribution in [-0.2, 0) is 4.79 Å². The Hall–Kier alpha value is -1.46. The minimum Gasteiger partial charge on any atom is -0.493 e. The molecule has 3 N–H and O–H groups in total. The second-order valence-electron chi connectivity index (χ2n) is 4.73. The van der Waals surface area contributed by atoms with E-state index in [1.807, 2.05) is 0 Å². The topological polar surface area (TPSA) is 73.6 Å². The zero-order valence-electron chi connectivity index (χ0n) is 11.5. The Morgan fingerprint density at radius 3 is 2.32 bits per heavy atom. The van der Waals surface area contributed by atoms with Gasteiger partial charge in [-0.1, -0.05) is 11.6 Å². The first kappa shape index (κ1) is 15.6. The maximum Gasteiger partial charge on any atom is 0.231 e. The monoisotopic (exact) mass is 286 g/mol. The number of benzene rings is 1. The van der Waals surface area contributed by atoms with E-state index in [-0.39, 0.29) is 12.5 Å². The molecule has 0 saturated heterocycles. The van der Waals surface area contributed by atoms with Gasteiger partial charge in [0.2, 0.25) is 5.91 Å². The predicted octanol–water partition coefficient (Wildman–Crippen LogP) is 2.28. The van der Waals surface area contributed by atoms with Gasteiger partial charge in [0.1, 0.15) is 0 Å². The minimum atomic E-state index is -0.670. The molecular formula is C13H19ClN2O3. The second kappa shape index (κ2) is 6.12. The van der Waals surface area contributed by atoms with Crippen molar-refractivity contribution < 1.29 is 14.3 Å². The number of anilines is 1. The number of carbonyl (C=O) groups excluding carboxylic acids is 1. The van der Waals surface area contributed by atoms with Crippen molar-refractivity contribution in [2.24, 2.45) is 11.1 Å². The molecule has 1 amide bonds. The third-order valence-electron chi connectivity index (χ3n) is 2.85. The SMILES string of the molecule is COc1cc(Cl)c(NC(=O)C(C)(C)CN)cc1OC. The average Bonchev–Trinajstić information content (AvgIpc) is 2.40. The van der Waals surface area contributed by atoms with Crippen LogP contribution in [0.5, 0.6) is 11.5 Å². The van der Waals surface area contributed by atoms with Crippen LogP contribution in [0.1, 0.15) is 13.8 Å². The van der Waals surface area contributed by atoms with Gasteiger partial charge in [0.15, 0.2) is 11.5 Å². The lowest BCUT2D eigenvalue weighted by molar-refractivity contribution is -0.123. The summed E-state index contributed by atoms with van der Waals surface area (Å²) in [7, 11) is 3.03. The molecule has 0 fully saturated rings. The van der Waals surface area contributed by atoms with Crippen LogP contribution in [0.15, 0.2) is 12.1 Å². The quantitative estimate of drug-likeness (QED) is 0.871. The third kappa shape index (κ3) is 3.52. The van der Waals surface area contributed by atoms with Crippen molar-refractivity contribution in [2.45, 2.75) is 13.8 Å². The molecule has 1 aromatic rings. The van der Waals surface area contributed by atoms with Crippen LogP contribution in [0.25, 0.3) is 0 Å². The lowest BCUT2D eigenvalue weighted by atomic mass is 9.92. The second-order valence-corrected chi connectivity index (χ2v) is 5.14. The van der Waals surface area contributed by atoms with Crippen molar-refractivity contribution >= 4 is 23.2 Å². The Morgan fingerprint density at radius 2 is 1.84 bits per heavy atom. The summed E-state index contributed by atoms with van der Waals surface area (Å²) in [5.74, 6) is 0.792. The molecule has 0 spiro atoms. The van der Waals surface area contributed by atoms with Gasteiger partial charge in [0.25, 0.3) is 0 Å². The van der Waals surface area contributed by atoms with Crippen molar-refractivity contribution in [1.82, 2.24) is 0 Å². The maximum atomic E-state index is 12.0. The molecule has 0 heterocycles. The highest BCUT2D eigenvalue weighted by atomic mass is 35.5. The van der Waals surface area contributed by atoms with Gasteiger partial charge in [0.05, 0.1) is 30.3 Å². The Bertz CT molecular complexity index is 475. The third-order valence-corrected chi connectivity index (χ3v) is 3.16. The molecule has 0 atom stereocenters. The van der Waals surface area contributed by atoms with Crippen molar-refractivity contribution in [3.8, 4) is 11.5 Å². The average molecular weight is 287 g/mol. The molecule has 0 aliphatic carbocycles. The summed E-state index contributed by atoms with van der Waals surface area (Å²) in [4.78, 5) is 12.0. The maximum absolute atomic E-state index is 12.0. The molecule has 5 nitrogen and oxygen atoms in total. The van der Waals surface area contributed by atoms with Crippen LogP contribution in [0.4, 0.5) is 5.69 Å². The van der Waals surface area contributed by atoms with Crippen molar-refractivity contribution in [2.75, 3.05) is 26.1 Å². The fraction of sp³-hybridized carbons (Fsp3) is 0.462. The van der Waals surface area contributed by atoms with Crippen LogP contribution >= 0.6 is 11.6 Å². The fourth-order valence-corrected chi connectivity index (χ4v) is 1.54. The van der Waals surface area contributed by atoms with E-state index in [0.29, 0.717) is 22.2 Å². The molecule has 0 aliphatic heterocycles. The fourth-order valence-electron chi connectivity index (χ4n) is 1.33. The van der Waals surface area contributed by atoms with E-state index in [0.717, 1.165) is 0 Å². The number of nitrogens with two attached hydrogens (primary N) is 1. The number of hydrogen-bond donors (Lipinski definition) is 2. The minimum absolute atomic E-state index is 0.205. The Kier molecular flexibility index (Phi) is 5.03. The molecular weight excluding hydrogens is 268 g/mol. The predicted molar refractivity (Wildman–Crippen MR) is 76.0 cm³/mol. The molecule has 1 aromatic carbocycles. The van der Waals surface area contributed by atoms with Gasteiger partial charge < -0.3 is 20.5 Å². The number of methoxy groups -OCH3 is 2. The van der Waals surface area contributed by atoms with Gasteiger partial charge in [-0.15, -0.1) is 0 Å². The number of rotatable bonds is 5. The first-order valence-electron chi connectivity index (χ1n) is 5.78. The zero-order valence-corrected chi connectivity index (χ0v) is 12.3. The highest BCUT2D eigenvalue weighted by Crippen LogP contribution is 2.36. The van der Waals surface area contributed by atoms with E-state index in [4.69, 9.17) is 26.8 Å². The van der Waals surface area contributed by atoms with E-state index >= 15 is 0 Å². The molecule has 0 unspecified atom stereocenters. The van der Waals surface area contributed by atoms with Gasteiger partial charge in [-0.2, -0.15) is 0 Å². The molecule has 106 valence electrons. The van der Waals surface area contributed by atoms with E-state index in [9.17, 15) is 4.79 Å². The first-order valence-corrected chi connectivity index (χ1v) is 6.16. The van der Waals surface area contributed by atoms with Crippen molar-refractivity contribution in [3.63, 3.8) is 0 Å². The molecule has 1 rings (SSSR count). The lowest BCUT2D eigenvalue weighted by Gasteiger charge is -2.22.